The summed E-state index contributed by atoms with van der Waals surface area (Å²) in [6, 6.07) is 0. The van der Waals surface area contributed by atoms with Crippen LogP contribution in [0, 0.1) is 46.3 Å². The lowest BCUT2D eigenvalue weighted by atomic mass is 9.44. The van der Waals surface area contributed by atoms with Crippen LogP contribution in [0.2, 0.25) is 0 Å². The lowest BCUT2D eigenvalue weighted by Gasteiger charge is -2.61. The van der Waals surface area contributed by atoms with Gasteiger partial charge in [-0.15, -0.1) is 0 Å². The normalized spacial score (nSPS) is 49.4. The molecule has 1 unspecified atom stereocenters. The minimum absolute atomic E-state index is 0.513. The molecule has 26 heavy (non-hydrogen) atoms. The summed E-state index contributed by atoms with van der Waals surface area (Å²) < 4.78 is 0. The third kappa shape index (κ3) is 2.98. The second-order valence-electron chi connectivity index (χ2n) is 11.2. The molecular formula is C24H42O2. The van der Waals surface area contributed by atoms with Crippen molar-refractivity contribution in [1.82, 2.24) is 0 Å². The maximum Gasteiger partial charge on any atom is 0.151 e. The number of aliphatic hydroxyl groups is 2. The first-order valence-corrected chi connectivity index (χ1v) is 11.7. The van der Waals surface area contributed by atoms with E-state index in [1.807, 2.05) is 0 Å². The van der Waals surface area contributed by atoms with Gasteiger partial charge in [-0.1, -0.05) is 33.6 Å². The molecule has 0 bridgehead atoms. The molecule has 4 rings (SSSR count). The first-order valence-electron chi connectivity index (χ1n) is 11.7. The zero-order valence-electron chi connectivity index (χ0n) is 17.4. The molecule has 8 atom stereocenters. The van der Waals surface area contributed by atoms with E-state index in [9.17, 15) is 10.2 Å². The molecule has 4 aliphatic rings. The summed E-state index contributed by atoms with van der Waals surface area (Å²) >= 11 is 0. The summed E-state index contributed by atoms with van der Waals surface area (Å²) in [4.78, 5) is 0. The van der Waals surface area contributed by atoms with Gasteiger partial charge in [-0.3, -0.25) is 0 Å². The second kappa shape index (κ2) is 7.07. The van der Waals surface area contributed by atoms with Crippen molar-refractivity contribution in [3.8, 4) is 0 Å². The molecule has 0 aromatic carbocycles. The third-order valence-corrected chi connectivity index (χ3v) is 10.2. The largest absolute Gasteiger partial charge is 0.368 e. The Kier molecular flexibility index (Phi) is 5.23. The first-order chi connectivity index (χ1) is 12.4. The lowest BCUT2D eigenvalue weighted by Crippen LogP contribution is -2.53. The van der Waals surface area contributed by atoms with Crippen LogP contribution in [0.4, 0.5) is 0 Å². The van der Waals surface area contributed by atoms with Crippen molar-refractivity contribution >= 4 is 0 Å². The topological polar surface area (TPSA) is 40.5 Å². The molecule has 4 fully saturated rings. The van der Waals surface area contributed by atoms with Crippen LogP contribution in [0.1, 0.15) is 97.8 Å². The van der Waals surface area contributed by atoms with E-state index < -0.39 is 6.29 Å². The van der Waals surface area contributed by atoms with Crippen molar-refractivity contribution in [3.05, 3.63) is 0 Å². The van der Waals surface area contributed by atoms with E-state index in [1.54, 1.807) is 0 Å². The van der Waals surface area contributed by atoms with Crippen LogP contribution in [-0.4, -0.2) is 16.5 Å². The van der Waals surface area contributed by atoms with Gasteiger partial charge in [0.05, 0.1) is 0 Å². The molecule has 2 nitrogen and oxygen atoms in total. The van der Waals surface area contributed by atoms with Gasteiger partial charge in [0.2, 0.25) is 0 Å². The van der Waals surface area contributed by atoms with Crippen LogP contribution in [-0.2, 0) is 0 Å². The highest BCUT2D eigenvalue weighted by Crippen LogP contribution is 2.68. The van der Waals surface area contributed by atoms with Gasteiger partial charge in [-0.05, 0) is 111 Å². The molecule has 150 valence electrons. The van der Waals surface area contributed by atoms with Gasteiger partial charge in [0, 0.05) is 0 Å². The van der Waals surface area contributed by atoms with Gasteiger partial charge in [0.25, 0.3) is 0 Å². The van der Waals surface area contributed by atoms with E-state index in [2.05, 4.69) is 20.8 Å². The fraction of sp³-hybridized carbons (Fsp3) is 1.00. The van der Waals surface area contributed by atoms with Crippen LogP contribution in [0.5, 0.6) is 0 Å². The molecule has 4 saturated carbocycles. The van der Waals surface area contributed by atoms with Gasteiger partial charge >= 0.3 is 0 Å². The standard InChI is InChI=1S/C24H42O2/c1-16(7-12-22(25)26)19-10-11-20-18-9-8-17-6-4-5-14-23(17,2)21(18)13-15-24(19,20)3/h16-22,25-26H,4-15H2,1-3H3/t16-,17?,18+,19-,20+,21+,23+,24-/m1/s1. The predicted octanol–water partition coefficient (Wildman–Crippen LogP) is 5.76. The number of aliphatic hydroxyl groups excluding tert-OH is 1. The highest BCUT2D eigenvalue weighted by molar-refractivity contribution is 5.09. The molecule has 4 aliphatic carbocycles. The zero-order chi connectivity index (χ0) is 18.5. The summed E-state index contributed by atoms with van der Waals surface area (Å²) in [5.74, 6) is 5.35. The Balaban J connectivity index is 1.51. The van der Waals surface area contributed by atoms with E-state index in [1.165, 1.54) is 64.2 Å². The van der Waals surface area contributed by atoms with Crippen LogP contribution in [0.15, 0.2) is 0 Å². The minimum atomic E-state index is -1.13. The summed E-state index contributed by atoms with van der Waals surface area (Å²) in [7, 11) is 0. The van der Waals surface area contributed by atoms with E-state index in [0.717, 1.165) is 36.0 Å². The third-order valence-electron chi connectivity index (χ3n) is 10.2. The molecule has 0 aliphatic heterocycles. The highest BCUT2D eigenvalue weighted by Gasteiger charge is 2.60. The predicted molar refractivity (Wildman–Crippen MR) is 106 cm³/mol. The SMILES string of the molecule is C[C@H](CCC(O)O)[C@H]1CC[C@H]2[C@@H]3CCC4CCCC[C@]4(C)[C@H]3CC[C@]12C. The maximum absolute atomic E-state index is 9.29. The number of hydrogen-bond acceptors (Lipinski definition) is 2. The van der Waals surface area contributed by atoms with Crippen LogP contribution in [0.25, 0.3) is 0 Å². The summed E-state index contributed by atoms with van der Waals surface area (Å²) in [5, 5.41) is 18.6. The monoisotopic (exact) mass is 362 g/mol. The number of fused-ring (bicyclic) bond motifs is 5. The molecular weight excluding hydrogens is 320 g/mol. The van der Waals surface area contributed by atoms with Gasteiger partial charge in [-0.2, -0.15) is 0 Å². The lowest BCUT2D eigenvalue weighted by molar-refractivity contribution is -0.115. The van der Waals surface area contributed by atoms with Crippen molar-refractivity contribution in [1.29, 1.82) is 0 Å². The fourth-order valence-corrected chi connectivity index (χ4v) is 8.88. The fourth-order valence-electron chi connectivity index (χ4n) is 8.88. The molecule has 0 spiro atoms. The molecule has 0 aromatic heterocycles. The van der Waals surface area contributed by atoms with Crippen LogP contribution in [0.3, 0.4) is 0 Å². The van der Waals surface area contributed by atoms with Crippen molar-refractivity contribution in [2.75, 3.05) is 0 Å². The van der Waals surface area contributed by atoms with Crippen molar-refractivity contribution in [2.45, 2.75) is 104 Å². The van der Waals surface area contributed by atoms with Gasteiger partial charge in [0.15, 0.2) is 6.29 Å². The van der Waals surface area contributed by atoms with Crippen molar-refractivity contribution in [2.24, 2.45) is 46.3 Å². The van der Waals surface area contributed by atoms with E-state index in [0.29, 0.717) is 23.2 Å². The van der Waals surface area contributed by atoms with Gasteiger partial charge in [-0.25, -0.2) is 0 Å². The first kappa shape index (κ1) is 19.2. The van der Waals surface area contributed by atoms with E-state index >= 15 is 0 Å². The average molecular weight is 363 g/mol. The average Bonchev–Trinajstić information content (AvgIpc) is 2.96. The Labute approximate surface area is 161 Å². The molecule has 0 aromatic rings. The Hall–Kier alpha value is -0.0800. The maximum atomic E-state index is 9.29. The summed E-state index contributed by atoms with van der Waals surface area (Å²) in [5.41, 5.74) is 1.16. The van der Waals surface area contributed by atoms with Crippen LogP contribution >= 0.6 is 0 Å². The molecule has 0 heterocycles. The molecule has 0 radical (unpaired) electrons. The number of rotatable bonds is 4. The van der Waals surface area contributed by atoms with Crippen LogP contribution < -0.4 is 0 Å². The molecule has 0 amide bonds. The van der Waals surface area contributed by atoms with Gasteiger partial charge in [0.1, 0.15) is 0 Å². The summed E-state index contributed by atoms with van der Waals surface area (Å²) in [6.45, 7) is 7.67. The minimum Gasteiger partial charge on any atom is -0.368 e. The molecule has 0 saturated heterocycles. The van der Waals surface area contributed by atoms with Crippen molar-refractivity contribution in [3.63, 3.8) is 0 Å². The Bertz CT molecular complexity index is 502. The van der Waals surface area contributed by atoms with E-state index in [4.69, 9.17) is 0 Å². The Morgan fingerprint density at radius 3 is 2.35 bits per heavy atom. The van der Waals surface area contributed by atoms with Gasteiger partial charge < -0.3 is 10.2 Å². The Morgan fingerprint density at radius 1 is 0.808 bits per heavy atom. The molecule has 2 N–H and O–H groups in total. The zero-order valence-corrected chi connectivity index (χ0v) is 17.4. The molecule has 2 heteroatoms. The number of hydrogen-bond donors (Lipinski definition) is 2. The van der Waals surface area contributed by atoms with E-state index in [-0.39, 0.29) is 0 Å². The quantitative estimate of drug-likeness (QED) is 0.624. The second-order valence-corrected chi connectivity index (χ2v) is 11.2. The van der Waals surface area contributed by atoms with Crippen molar-refractivity contribution < 1.29 is 10.2 Å². The highest BCUT2D eigenvalue weighted by atomic mass is 16.5. The smallest absolute Gasteiger partial charge is 0.151 e. The Morgan fingerprint density at radius 2 is 1.58 bits per heavy atom. The summed E-state index contributed by atoms with van der Waals surface area (Å²) in [6.07, 6.45) is 15.1.